The van der Waals surface area contributed by atoms with Crippen molar-refractivity contribution in [1.29, 1.82) is 0 Å². The molecule has 0 unspecified atom stereocenters. The third-order valence-corrected chi connectivity index (χ3v) is 3.56. The van der Waals surface area contributed by atoms with Gasteiger partial charge in [-0.15, -0.1) is 6.58 Å². The molecule has 0 aromatic rings. The first-order valence-electron chi connectivity index (χ1n) is 9.02. The summed E-state index contributed by atoms with van der Waals surface area (Å²) in [6.45, 7) is 8.72. The number of unbranched alkanes of at least 4 members (excludes halogenated alkanes) is 6. The maximum atomic E-state index is 11.5. The third-order valence-electron chi connectivity index (χ3n) is 3.56. The minimum absolute atomic E-state index is 0.217. The molecule has 0 bridgehead atoms. The molecule has 0 atom stereocenters. The topological polar surface area (TPSA) is 52.6 Å². The number of carbonyl (C=O) groups is 2. The predicted molar refractivity (Wildman–Crippen MR) is 93.2 cm³/mol. The van der Waals surface area contributed by atoms with Crippen LogP contribution in [0.25, 0.3) is 0 Å². The van der Waals surface area contributed by atoms with Gasteiger partial charge < -0.3 is 9.47 Å². The summed E-state index contributed by atoms with van der Waals surface area (Å²) in [7, 11) is 0. The lowest BCUT2D eigenvalue weighted by Crippen LogP contribution is -2.09. The van der Waals surface area contributed by atoms with Crippen LogP contribution in [0.2, 0.25) is 0 Å². The van der Waals surface area contributed by atoms with Crippen LogP contribution in [0.5, 0.6) is 0 Å². The lowest BCUT2D eigenvalue weighted by Gasteiger charge is -2.06. The first-order valence-corrected chi connectivity index (χ1v) is 9.02. The molecule has 4 nitrogen and oxygen atoms in total. The highest BCUT2D eigenvalue weighted by atomic mass is 16.5. The zero-order chi connectivity index (χ0) is 17.3. The van der Waals surface area contributed by atoms with Gasteiger partial charge in [0.1, 0.15) is 0 Å². The number of esters is 2. The van der Waals surface area contributed by atoms with E-state index in [1.807, 2.05) is 6.92 Å². The van der Waals surface area contributed by atoms with Crippen molar-refractivity contribution in [2.75, 3.05) is 13.2 Å². The van der Waals surface area contributed by atoms with Gasteiger partial charge in [-0.2, -0.15) is 0 Å². The standard InChI is InChI=1S/C19H34O4/c1-4-5-6-7-8-9-10-15-22-18(20)12-11-13-19(21)23-16-14-17(2)3/h2,4-16H2,1,3H3. The lowest BCUT2D eigenvalue weighted by molar-refractivity contribution is -0.145. The molecule has 0 saturated carbocycles. The van der Waals surface area contributed by atoms with Crippen molar-refractivity contribution in [1.82, 2.24) is 0 Å². The number of ether oxygens (including phenoxy) is 2. The summed E-state index contributed by atoms with van der Waals surface area (Å²) in [6.07, 6.45) is 10.1. The van der Waals surface area contributed by atoms with Crippen LogP contribution in [0.3, 0.4) is 0 Å². The van der Waals surface area contributed by atoms with Gasteiger partial charge in [-0.3, -0.25) is 9.59 Å². The molecule has 0 aliphatic carbocycles. The highest BCUT2D eigenvalue weighted by Gasteiger charge is 2.07. The van der Waals surface area contributed by atoms with Gasteiger partial charge in [0, 0.05) is 19.3 Å². The van der Waals surface area contributed by atoms with Crippen LogP contribution in [-0.2, 0) is 19.1 Å². The second-order valence-corrected chi connectivity index (χ2v) is 6.12. The monoisotopic (exact) mass is 326 g/mol. The first-order chi connectivity index (χ1) is 11.1. The molecule has 0 N–H and O–H groups in total. The zero-order valence-corrected chi connectivity index (χ0v) is 15.0. The normalized spacial score (nSPS) is 10.3. The number of hydrogen-bond acceptors (Lipinski definition) is 4. The average molecular weight is 326 g/mol. The van der Waals surface area contributed by atoms with Crippen LogP contribution in [-0.4, -0.2) is 25.2 Å². The van der Waals surface area contributed by atoms with Crippen molar-refractivity contribution in [2.24, 2.45) is 0 Å². The molecule has 0 aromatic heterocycles. The van der Waals surface area contributed by atoms with Gasteiger partial charge in [-0.1, -0.05) is 51.0 Å². The highest BCUT2D eigenvalue weighted by molar-refractivity contribution is 5.72. The van der Waals surface area contributed by atoms with Crippen molar-refractivity contribution >= 4 is 11.9 Å². The van der Waals surface area contributed by atoms with E-state index < -0.39 is 0 Å². The molecule has 134 valence electrons. The third kappa shape index (κ3) is 16.9. The molecule has 0 aliphatic rings. The smallest absolute Gasteiger partial charge is 0.305 e. The van der Waals surface area contributed by atoms with E-state index in [2.05, 4.69) is 13.5 Å². The van der Waals surface area contributed by atoms with Gasteiger partial charge in [0.05, 0.1) is 13.2 Å². The van der Waals surface area contributed by atoms with E-state index in [1.54, 1.807) is 0 Å². The molecule has 0 aromatic carbocycles. The largest absolute Gasteiger partial charge is 0.466 e. The van der Waals surface area contributed by atoms with E-state index in [-0.39, 0.29) is 24.8 Å². The molecule has 0 amide bonds. The van der Waals surface area contributed by atoms with Crippen molar-refractivity contribution in [3.8, 4) is 0 Å². The van der Waals surface area contributed by atoms with Gasteiger partial charge in [-0.25, -0.2) is 0 Å². The minimum atomic E-state index is -0.258. The first kappa shape index (κ1) is 21.7. The van der Waals surface area contributed by atoms with Crippen molar-refractivity contribution in [3.05, 3.63) is 12.2 Å². The molecule has 0 heterocycles. The minimum Gasteiger partial charge on any atom is -0.466 e. The van der Waals surface area contributed by atoms with Crippen molar-refractivity contribution in [3.63, 3.8) is 0 Å². The van der Waals surface area contributed by atoms with E-state index in [9.17, 15) is 9.59 Å². The lowest BCUT2D eigenvalue weighted by atomic mass is 10.1. The van der Waals surface area contributed by atoms with Crippen LogP contribution in [0.1, 0.15) is 84.5 Å². The Morgan fingerprint density at radius 3 is 1.83 bits per heavy atom. The van der Waals surface area contributed by atoms with E-state index in [0.29, 0.717) is 26.1 Å². The Kier molecular flexibility index (Phi) is 14.7. The quantitative estimate of drug-likeness (QED) is 0.242. The highest BCUT2D eigenvalue weighted by Crippen LogP contribution is 2.07. The summed E-state index contributed by atoms with van der Waals surface area (Å²) in [5.41, 5.74) is 0.992. The number of carbonyl (C=O) groups excluding carboxylic acids is 2. The number of hydrogen-bond donors (Lipinski definition) is 0. The molecule has 0 spiro atoms. The van der Waals surface area contributed by atoms with Crippen molar-refractivity contribution < 1.29 is 19.1 Å². The summed E-state index contributed by atoms with van der Waals surface area (Å²) in [4.78, 5) is 22.9. The molecule has 4 heteroatoms. The van der Waals surface area contributed by atoms with E-state index in [0.717, 1.165) is 18.4 Å². The molecular weight excluding hydrogens is 292 g/mol. The molecule has 0 radical (unpaired) electrons. The maximum Gasteiger partial charge on any atom is 0.305 e. The summed E-state index contributed by atoms with van der Waals surface area (Å²) in [6, 6.07) is 0. The zero-order valence-electron chi connectivity index (χ0n) is 15.0. The van der Waals surface area contributed by atoms with E-state index >= 15 is 0 Å². The molecule has 0 saturated heterocycles. The summed E-state index contributed by atoms with van der Waals surface area (Å²) < 4.78 is 10.2. The van der Waals surface area contributed by atoms with Crippen molar-refractivity contribution in [2.45, 2.75) is 84.5 Å². The second kappa shape index (κ2) is 15.6. The van der Waals surface area contributed by atoms with Gasteiger partial charge in [0.15, 0.2) is 0 Å². The number of rotatable bonds is 15. The Hall–Kier alpha value is -1.32. The molecule has 23 heavy (non-hydrogen) atoms. The van der Waals surface area contributed by atoms with Crippen LogP contribution >= 0.6 is 0 Å². The predicted octanol–water partition coefficient (Wildman–Crippen LogP) is 4.96. The molecule has 0 fully saturated rings. The fourth-order valence-electron chi connectivity index (χ4n) is 2.11. The fourth-order valence-corrected chi connectivity index (χ4v) is 2.11. The van der Waals surface area contributed by atoms with Gasteiger partial charge >= 0.3 is 11.9 Å². The van der Waals surface area contributed by atoms with Crippen LogP contribution < -0.4 is 0 Å². The van der Waals surface area contributed by atoms with Crippen LogP contribution in [0.4, 0.5) is 0 Å². The fraction of sp³-hybridized carbons (Fsp3) is 0.789. The second-order valence-electron chi connectivity index (χ2n) is 6.12. The molecule has 0 aliphatic heterocycles. The summed E-state index contributed by atoms with van der Waals surface area (Å²) in [5.74, 6) is -0.475. The van der Waals surface area contributed by atoms with E-state index in [1.165, 1.54) is 32.1 Å². The Morgan fingerprint density at radius 2 is 1.26 bits per heavy atom. The Morgan fingerprint density at radius 1 is 0.739 bits per heavy atom. The van der Waals surface area contributed by atoms with Crippen LogP contribution in [0.15, 0.2) is 12.2 Å². The van der Waals surface area contributed by atoms with Gasteiger partial charge in [-0.05, 0) is 19.8 Å². The van der Waals surface area contributed by atoms with E-state index in [4.69, 9.17) is 9.47 Å². The SMILES string of the molecule is C=C(C)CCOC(=O)CCCC(=O)OCCCCCCCCC. The summed E-state index contributed by atoms with van der Waals surface area (Å²) in [5, 5.41) is 0. The Bertz CT molecular complexity index is 336. The molecule has 0 rings (SSSR count). The maximum absolute atomic E-state index is 11.5. The van der Waals surface area contributed by atoms with Crippen LogP contribution in [0, 0.1) is 0 Å². The summed E-state index contributed by atoms with van der Waals surface area (Å²) >= 11 is 0. The Labute approximate surface area is 141 Å². The Balaban J connectivity index is 3.36. The molecular formula is C19H34O4. The van der Waals surface area contributed by atoms with Gasteiger partial charge in [0.2, 0.25) is 0 Å². The van der Waals surface area contributed by atoms with Gasteiger partial charge in [0.25, 0.3) is 0 Å². The average Bonchev–Trinajstić information content (AvgIpc) is 2.49.